The molecular weight excluding hydrogens is 1080 g/mol. The number of benzene rings is 7. The van der Waals surface area contributed by atoms with E-state index >= 15 is 0 Å². The Morgan fingerprint density at radius 3 is 1.17 bits per heavy atom. The van der Waals surface area contributed by atoms with Crippen molar-refractivity contribution in [2.75, 3.05) is 6.61 Å². The Morgan fingerprint density at radius 2 is 0.816 bits per heavy atom. The molecule has 1 aliphatic rings. The average molecular weight is 1150 g/mol. The quantitative estimate of drug-likeness (QED) is 0.0806. The first-order valence-electron chi connectivity index (χ1n) is 26.9. The zero-order valence-electron chi connectivity index (χ0n) is 47.8. The Balaban J connectivity index is 0.000000256. The number of imide groups is 1. The molecule has 0 bridgehead atoms. The molecule has 10 heteroatoms. The minimum atomic E-state index is -1.80. The van der Waals surface area contributed by atoms with Crippen LogP contribution in [0.15, 0.2) is 200 Å². The number of aliphatic hydroxyl groups is 3. The minimum absolute atomic E-state index is 0. The number of carbonyl (C=O) groups is 3. The number of ketones is 1. The molecule has 0 aliphatic carbocycles. The van der Waals surface area contributed by atoms with Gasteiger partial charge in [0, 0.05) is 0 Å². The van der Waals surface area contributed by atoms with Crippen LogP contribution in [0.1, 0.15) is 81.2 Å². The van der Waals surface area contributed by atoms with Gasteiger partial charge in [-0.3, -0.25) is 9.59 Å². The fourth-order valence-corrected chi connectivity index (χ4v) is 8.77. The highest BCUT2D eigenvalue weighted by atomic mass is 16.6. The van der Waals surface area contributed by atoms with Gasteiger partial charge in [0.2, 0.25) is 0 Å². The first-order chi connectivity index (χ1) is 41.7. The molecule has 7 aromatic carbocycles. The van der Waals surface area contributed by atoms with Crippen molar-refractivity contribution in [3.63, 3.8) is 0 Å². The molecule has 1 heterocycles. The number of aliphatic hydroxyl groups excluding tert-OH is 3. The van der Waals surface area contributed by atoms with Crippen LogP contribution in [0.4, 0.5) is 4.79 Å². The number of ether oxygens (including phenoxy) is 3. The van der Waals surface area contributed by atoms with Crippen molar-refractivity contribution in [3.05, 3.63) is 228 Å². The zero-order valence-corrected chi connectivity index (χ0v) is 47.8. The summed E-state index contributed by atoms with van der Waals surface area (Å²) in [6.45, 7) is 6.08. The molecule has 8 rings (SSSR count). The molecule has 10 nitrogen and oxygen atoms in total. The molecule has 430 valence electrons. The Morgan fingerprint density at radius 1 is 0.506 bits per heavy atom. The SMILES string of the molecule is C.C#CC#CC#CC#CC#CC#CC#CC#CC#C.CC1(C)OC(=O)N(C(=O)[C@@](C)(OCc2ccc(-c3ccccc3)cc2)[C@@H](O)c2ccccc2)[C@H]1c1ccccc1.C[C@@](OCc1ccc(-c2ccccc2)cc1)(C(=O)CO)[C@@H](O)c1ccccc1. The predicted molar refractivity (Wildman–Crippen MR) is 340 cm³/mol. The van der Waals surface area contributed by atoms with E-state index in [-0.39, 0.29) is 20.6 Å². The van der Waals surface area contributed by atoms with E-state index in [4.69, 9.17) is 27.1 Å². The normalized spacial score (nSPS) is 13.9. The van der Waals surface area contributed by atoms with Gasteiger partial charge in [-0.05, 0) is 172 Å². The predicted octanol–water partition coefficient (Wildman–Crippen LogP) is 11.7. The van der Waals surface area contributed by atoms with Gasteiger partial charge in [0.1, 0.15) is 30.5 Å². The summed E-state index contributed by atoms with van der Waals surface area (Å²) in [7, 11) is 0. The summed E-state index contributed by atoms with van der Waals surface area (Å²) in [5.41, 5.74) is 3.53. The molecule has 87 heavy (non-hydrogen) atoms. The number of terminal acetylenes is 2. The van der Waals surface area contributed by atoms with Crippen LogP contribution >= 0.6 is 0 Å². The van der Waals surface area contributed by atoms with Gasteiger partial charge in [-0.2, -0.15) is 0 Å². The summed E-state index contributed by atoms with van der Waals surface area (Å²) in [6, 6.07) is 62.1. The van der Waals surface area contributed by atoms with Gasteiger partial charge in [0.15, 0.2) is 17.0 Å². The first-order valence-corrected chi connectivity index (χ1v) is 26.9. The topological polar surface area (TPSA) is 143 Å². The van der Waals surface area contributed by atoms with E-state index in [1.165, 1.54) is 13.8 Å². The molecule has 0 spiro atoms. The molecule has 1 fully saturated rings. The molecule has 0 aromatic heterocycles. The number of Topliss-reactive ketones (excluding diaryl/α,β-unsaturated/α-hetero) is 1. The third-order valence-electron chi connectivity index (χ3n) is 13.4. The summed E-state index contributed by atoms with van der Waals surface area (Å²) >= 11 is 0. The summed E-state index contributed by atoms with van der Waals surface area (Å²) < 4.78 is 17.9. The second-order valence-corrected chi connectivity index (χ2v) is 19.6. The number of amides is 2. The number of nitrogens with zero attached hydrogens (tertiary/aromatic N) is 1. The number of hydrogen-bond acceptors (Lipinski definition) is 9. The fourth-order valence-electron chi connectivity index (χ4n) is 8.77. The van der Waals surface area contributed by atoms with Crippen LogP contribution in [-0.4, -0.2) is 61.4 Å². The van der Waals surface area contributed by atoms with Gasteiger partial charge < -0.3 is 29.5 Å². The molecule has 7 aromatic rings. The van der Waals surface area contributed by atoms with Crippen LogP contribution < -0.4 is 0 Å². The van der Waals surface area contributed by atoms with E-state index in [2.05, 4.69) is 94.7 Å². The molecule has 0 saturated carbocycles. The molecule has 3 N–H and O–H groups in total. The van der Waals surface area contributed by atoms with E-state index in [0.717, 1.165) is 43.8 Å². The molecule has 0 unspecified atom stereocenters. The Labute approximate surface area is 512 Å². The van der Waals surface area contributed by atoms with Gasteiger partial charge in [0.05, 0.1) is 13.2 Å². The Kier molecular flexibility index (Phi) is 26.1. The van der Waals surface area contributed by atoms with Gasteiger partial charge in [0.25, 0.3) is 5.91 Å². The zero-order chi connectivity index (χ0) is 61.6. The highest BCUT2D eigenvalue weighted by Gasteiger charge is 2.57. The molecule has 2 amide bonds. The number of rotatable bonds is 16. The van der Waals surface area contributed by atoms with E-state index in [9.17, 15) is 29.7 Å². The highest BCUT2D eigenvalue weighted by molar-refractivity contribution is 5.99. The summed E-state index contributed by atoms with van der Waals surface area (Å²) in [5, 5.41) is 31.7. The van der Waals surface area contributed by atoms with Crippen LogP contribution in [0.3, 0.4) is 0 Å². The standard InChI is InChI=1S/C34H33NO5.C24H24O4.C18H2.CH4/c1-33(2)29(27-15-9-5-10-16-27)35(32(38)40-33)31(37)34(3,30(36)28-17-11-6-12-18-28)39-23-24-19-21-26(22-20-24)25-13-7-4-8-14-25;1-24(22(26)16-25,23(27)21-10-6-3-7-11-21)28-17-18-12-14-20(15-13-18)19-8-4-2-5-9-19;1-3-5-7-9-11-13-15-17-18-16-14-12-10-8-6-4-2;/h4-22,29-30,36H,23H2,1-3H3;2-15,23,25,27H,16-17H2,1H3;1-2H;1H4/t29-,30-,34-;23-,24+;;/m00../s1. The van der Waals surface area contributed by atoms with Crippen LogP contribution in [0.25, 0.3) is 22.3 Å². The van der Waals surface area contributed by atoms with Crippen molar-refractivity contribution < 1.29 is 43.9 Å². The summed E-state index contributed by atoms with van der Waals surface area (Å²) in [4.78, 5) is 41.0. The lowest BCUT2D eigenvalue weighted by atomic mass is 9.87. The largest absolute Gasteiger partial charge is 0.440 e. The number of hydrogen-bond donors (Lipinski definition) is 3. The van der Waals surface area contributed by atoms with Crippen molar-refractivity contribution in [1.29, 1.82) is 0 Å². The van der Waals surface area contributed by atoms with Crippen molar-refractivity contribution in [2.45, 2.75) is 83.4 Å². The second-order valence-electron chi connectivity index (χ2n) is 19.6. The maximum Gasteiger partial charge on any atom is 0.417 e. The van der Waals surface area contributed by atoms with Gasteiger partial charge in [-0.25, -0.2) is 9.69 Å². The Hall–Kier alpha value is -11.0. The maximum absolute atomic E-state index is 14.4. The van der Waals surface area contributed by atoms with Crippen LogP contribution in [0, 0.1) is 108 Å². The van der Waals surface area contributed by atoms with Gasteiger partial charge in [-0.15, -0.1) is 12.8 Å². The monoisotopic (exact) mass is 1150 g/mol. The van der Waals surface area contributed by atoms with Crippen LogP contribution in [-0.2, 0) is 37.0 Å². The molecule has 0 radical (unpaired) electrons. The molecular formula is C77H63NO9. The van der Waals surface area contributed by atoms with Crippen LogP contribution in [0.5, 0.6) is 0 Å². The lowest BCUT2D eigenvalue weighted by molar-refractivity contribution is -0.175. The number of carbonyl (C=O) groups excluding carboxylic acids is 3. The second kappa shape index (κ2) is 33.9. The molecule has 1 saturated heterocycles. The van der Waals surface area contributed by atoms with E-state index in [1.54, 1.807) is 62.4 Å². The smallest absolute Gasteiger partial charge is 0.417 e. The van der Waals surface area contributed by atoms with Gasteiger partial charge >= 0.3 is 6.09 Å². The fraction of sp³-hybridized carbons (Fsp3) is 0.182. The van der Waals surface area contributed by atoms with Crippen molar-refractivity contribution in [3.8, 4) is 130 Å². The lowest BCUT2D eigenvalue weighted by Crippen LogP contribution is -2.54. The summed E-state index contributed by atoms with van der Waals surface area (Å²) in [6.07, 6.45) is 6.46. The molecule has 1 aliphatic heterocycles. The Bertz CT molecular complexity index is 3920. The van der Waals surface area contributed by atoms with Crippen molar-refractivity contribution in [1.82, 2.24) is 4.90 Å². The average Bonchev–Trinajstić information content (AvgIpc) is 1.90. The number of cyclic esters (lactones) is 1. The first kappa shape index (κ1) is 66.8. The third-order valence-corrected chi connectivity index (χ3v) is 13.4. The summed E-state index contributed by atoms with van der Waals surface area (Å²) in [5.74, 6) is 37.0. The van der Waals surface area contributed by atoms with Crippen molar-refractivity contribution >= 4 is 17.8 Å². The minimum Gasteiger partial charge on any atom is -0.440 e. The molecule has 5 atom stereocenters. The van der Waals surface area contributed by atoms with Crippen molar-refractivity contribution in [2.24, 2.45) is 0 Å². The third kappa shape index (κ3) is 19.0. The highest BCUT2D eigenvalue weighted by Crippen LogP contribution is 2.44. The van der Waals surface area contributed by atoms with E-state index in [0.29, 0.717) is 11.1 Å². The van der Waals surface area contributed by atoms with E-state index < -0.39 is 59.4 Å². The lowest BCUT2D eigenvalue weighted by Gasteiger charge is -2.38. The van der Waals surface area contributed by atoms with Gasteiger partial charge in [-0.1, -0.05) is 208 Å². The van der Waals surface area contributed by atoms with E-state index in [1.807, 2.05) is 152 Å². The maximum atomic E-state index is 14.4. The van der Waals surface area contributed by atoms with Crippen LogP contribution in [0.2, 0.25) is 0 Å².